The van der Waals surface area contributed by atoms with E-state index in [0.29, 0.717) is 23.6 Å². The van der Waals surface area contributed by atoms with Crippen molar-refractivity contribution in [3.8, 4) is 11.1 Å². The summed E-state index contributed by atoms with van der Waals surface area (Å²) in [6.07, 6.45) is 6.69. The molecule has 1 saturated carbocycles. The Hall–Kier alpha value is -3.40. The molecule has 1 aliphatic rings. The van der Waals surface area contributed by atoms with Crippen molar-refractivity contribution in [2.24, 2.45) is 7.05 Å². The van der Waals surface area contributed by atoms with Gasteiger partial charge in [-0.2, -0.15) is 0 Å². The van der Waals surface area contributed by atoms with Crippen LogP contribution in [0.15, 0.2) is 60.9 Å². The maximum absolute atomic E-state index is 11.9. The molecule has 30 heavy (non-hydrogen) atoms. The van der Waals surface area contributed by atoms with Crippen LogP contribution in [0.5, 0.6) is 0 Å². The number of fused-ring (bicyclic) bond motifs is 1. The van der Waals surface area contributed by atoms with E-state index in [1.54, 1.807) is 0 Å². The first-order valence-electron chi connectivity index (χ1n) is 10.4. The van der Waals surface area contributed by atoms with Gasteiger partial charge < -0.3 is 9.67 Å². The van der Waals surface area contributed by atoms with E-state index in [0.717, 1.165) is 29.4 Å². The Morgan fingerprint density at radius 2 is 1.93 bits per heavy atom. The monoisotopic (exact) mass is 396 g/mol. The lowest BCUT2D eigenvalue weighted by Crippen LogP contribution is -2.07. The molecule has 0 unspecified atom stereocenters. The van der Waals surface area contributed by atoms with E-state index in [-0.39, 0.29) is 0 Å². The molecule has 0 spiro atoms. The Morgan fingerprint density at radius 3 is 2.67 bits per heavy atom. The summed E-state index contributed by atoms with van der Waals surface area (Å²) >= 11 is 0. The van der Waals surface area contributed by atoms with E-state index in [9.17, 15) is 9.90 Å². The molecule has 0 bridgehead atoms. The van der Waals surface area contributed by atoms with E-state index in [1.165, 1.54) is 22.2 Å². The van der Waals surface area contributed by atoms with Crippen LogP contribution in [-0.4, -0.2) is 20.6 Å². The van der Waals surface area contributed by atoms with Gasteiger partial charge in [-0.25, -0.2) is 4.79 Å². The maximum Gasteiger partial charge on any atom is 0.337 e. The Morgan fingerprint density at radius 1 is 1.13 bits per heavy atom. The van der Waals surface area contributed by atoms with Crippen LogP contribution < -0.4 is 0 Å². The van der Waals surface area contributed by atoms with Gasteiger partial charge in [0.05, 0.1) is 16.8 Å². The van der Waals surface area contributed by atoms with Crippen molar-refractivity contribution < 1.29 is 9.90 Å². The third-order valence-electron chi connectivity index (χ3n) is 6.11. The van der Waals surface area contributed by atoms with Gasteiger partial charge in [0.1, 0.15) is 0 Å². The number of aromatic nitrogens is 2. The number of aryl methyl sites for hydroxylation is 2. The summed E-state index contributed by atoms with van der Waals surface area (Å²) in [7, 11) is 2.06. The summed E-state index contributed by atoms with van der Waals surface area (Å²) < 4.78 is 2.15. The van der Waals surface area contributed by atoms with E-state index < -0.39 is 5.97 Å². The minimum Gasteiger partial charge on any atom is -0.478 e. The third-order valence-corrected chi connectivity index (χ3v) is 6.11. The minimum atomic E-state index is -0.903. The first-order valence-corrected chi connectivity index (χ1v) is 10.4. The standard InChI is InChI=1S/C26H24N2O2/c1-16-5-3-4-6-21(16)22-12-17(11-19-9-10-28(2)25(19)22)13-24-23(26(29)30)14-20(15-27-24)18-7-8-18/h3-6,9-12,14-15,18H,7-8,13H2,1-2H3,(H,29,30). The topological polar surface area (TPSA) is 55.1 Å². The molecule has 1 N–H and O–H groups in total. The Bertz CT molecular complexity index is 1280. The minimum absolute atomic E-state index is 0.324. The first kappa shape index (κ1) is 18.6. The fraction of sp³-hybridized carbons (Fsp3) is 0.231. The quantitative estimate of drug-likeness (QED) is 0.470. The van der Waals surface area contributed by atoms with E-state index >= 15 is 0 Å². The highest BCUT2D eigenvalue weighted by Gasteiger charge is 2.26. The number of aromatic carboxylic acids is 1. The van der Waals surface area contributed by atoms with Crippen LogP contribution in [0.3, 0.4) is 0 Å². The lowest BCUT2D eigenvalue weighted by molar-refractivity contribution is 0.0695. The van der Waals surface area contributed by atoms with Gasteiger partial charge in [-0.3, -0.25) is 4.98 Å². The molecule has 4 nitrogen and oxygen atoms in total. The molecule has 150 valence electrons. The van der Waals surface area contributed by atoms with Gasteiger partial charge in [0.2, 0.25) is 0 Å². The van der Waals surface area contributed by atoms with E-state index in [1.807, 2.05) is 12.3 Å². The number of nitrogens with zero attached hydrogens (tertiary/aromatic N) is 2. The third kappa shape index (κ3) is 3.28. The number of hydrogen-bond acceptors (Lipinski definition) is 2. The predicted octanol–water partition coefficient (Wildman–Crippen LogP) is 5.72. The van der Waals surface area contributed by atoms with Crippen molar-refractivity contribution in [3.63, 3.8) is 0 Å². The Labute approximate surface area is 175 Å². The van der Waals surface area contributed by atoms with Crippen molar-refractivity contribution in [2.45, 2.75) is 32.1 Å². The zero-order valence-electron chi connectivity index (χ0n) is 17.2. The SMILES string of the molecule is Cc1ccccc1-c1cc(Cc2ncc(C3CC3)cc2C(=O)O)cc2ccn(C)c12. The molecule has 0 aliphatic heterocycles. The van der Waals surface area contributed by atoms with Crippen LogP contribution in [0.2, 0.25) is 0 Å². The molecular formula is C26H24N2O2. The molecular weight excluding hydrogens is 372 g/mol. The highest BCUT2D eigenvalue weighted by molar-refractivity contribution is 5.96. The first-order chi connectivity index (χ1) is 14.5. The van der Waals surface area contributed by atoms with Gasteiger partial charge >= 0.3 is 5.97 Å². The maximum atomic E-state index is 11.9. The van der Waals surface area contributed by atoms with Crippen molar-refractivity contribution in [3.05, 3.63) is 88.9 Å². The molecule has 0 saturated heterocycles. The van der Waals surface area contributed by atoms with Gasteiger partial charge in [-0.05, 0) is 72.2 Å². The van der Waals surface area contributed by atoms with Gasteiger partial charge in [0, 0.05) is 36.8 Å². The van der Waals surface area contributed by atoms with Gasteiger partial charge in [0.25, 0.3) is 0 Å². The van der Waals surface area contributed by atoms with E-state index in [2.05, 4.69) is 72.2 Å². The number of carboxylic acids is 1. The summed E-state index contributed by atoms with van der Waals surface area (Å²) in [6.45, 7) is 2.12. The summed E-state index contributed by atoms with van der Waals surface area (Å²) in [5.41, 5.74) is 7.83. The average molecular weight is 396 g/mol. The molecule has 2 aromatic carbocycles. The summed E-state index contributed by atoms with van der Waals surface area (Å²) in [5, 5.41) is 10.9. The van der Waals surface area contributed by atoms with Crippen molar-refractivity contribution in [2.75, 3.05) is 0 Å². The molecule has 2 aromatic heterocycles. The summed E-state index contributed by atoms with van der Waals surface area (Å²) in [5.74, 6) is -0.419. The second kappa shape index (κ2) is 7.13. The average Bonchev–Trinajstić information content (AvgIpc) is 3.51. The van der Waals surface area contributed by atoms with Gasteiger partial charge in [-0.1, -0.05) is 24.3 Å². The van der Waals surface area contributed by atoms with Crippen molar-refractivity contribution in [1.29, 1.82) is 0 Å². The van der Waals surface area contributed by atoms with Crippen LogP contribution in [-0.2, 0) is 13.5 Å². The zero-order valence-corrected chi connectivity index (χ0v) is 17.2. The molecule has 0 atom stereocenters. The second-order valence-corrected chi connectivity index (χ2v) is 8.34. The Balaban J connectivity index is 1.63. The second-order valence-electron chi connectivity index (χ2n) is 8.34. The summed E-state index contributed by atoms with van der Waals surface area (Å²) in [4.78, 5) is 16.5. The number of pyridine rings is 1. The summed E-state index contributed by atoms with van der Waals surface area (Å²) in [6, 6.07) is 16.7. The molecule has 1 fully saturated rings. The number of carboxylic acid groups (broad SMARTS) is 1. The van der Waals surface area contributed by atoms with Crippen LogP contribution >= 0.6 is 0 Å². The van der Waals surface area contributed by atoms with Crippen molar-refractivity contribution >= 4 is 16.9 Å². The lowest BCUT2D eigenvalue weighted by Gasteiger charge is -2.13. The molecule has 4 aromatic rings. The highest BCUT2D eigenvalue weighted by atomic mass is 16.4. The number of benzene rings is 2. The molecule has 0 radical (unpaired) electrons. The largest absolute Gasteiger partial charge is 0.478 e. The molecule has 4 heteroatoms. The normalized spacial score (nSPS) is 13.7. The van der Waals surface area contributed by atoms with Crippen LogP contribution in [0.4, 0.5) is 0 Å². The lowest BCUT2D eigenvalue weighted by atomic mass is 9.94. The highest BCUT2D eigenvalue weighted by Crippen LogP contribution is 2.40. The molecule has 0 amide bonds. The molecule has 2 heterocycles. The van der Waals surface area contributed by atoms with Crippen LogP contribution in [0.1, 0.15) is 51.5 Å². The van der Waals surface area contributed by atoms with Crippen LogP contribution in [0, 0.1) is 6.92 Å². The van der Waals surface area contributed by atoms with Crippen LogP contribution in [0.25, 0.3) is 22.0 Å². The zero-order chi connectivity index (χ0) is 20.8. The smallest absolute Gasteiger partial charge is 0.337 e. The number of rotatable bonds is 5. The fourth-order valence-electron chi connectivity index (χ4n) is 4.36. The molecule has 1 aliphatic carbocycles. The number of carbonyl (C=O) groups is 1. The van der Waals surface area contributed by atoms with Crippen molar-refractivity contribution in [1.82, 2.24) is 9.55 Å². The predicted molar refractivity (Wildman–Crippen MR) is 119 cm³/mol. The Kier molecular flexibility index (Phi) is 4.43. The van der Waals surface area contributed by atoms with E-state index in [4.69, 9.17) is 0 Å². The number of hydrogen-bond donors (Lipinski definition) is 1. The van der Waals surface area contributed by atoms with Gasteiger partial charge in [0.15, 0.2) is 0 Å². The molecule has 5 rings (SSSR count). The fourth-order valence-corrected chi connectivity index (χ4v) is 4.36. The van der Waals surface area contributed by atoms with Gasteiger partial charge in [-0.15, -0.1) is 0 Å².